The van der Waals surface area contributed by atoms with E-state index in [1.165, 1.54) is 6.92 Å². The van der Waals surface area contributed by atoms with Gasteiger partial charge in [-0.3, -0.25) is 57.7 Å². The van der Waals surface area contributed by atoms with E-state index in [1.807, 2.05) is 44.2 Å². The zero-order valence-electron chi connectivity index (χ0n) is 55.8. The Morgan fingerprint density at radius 1 is 0.602 bits per heavy atom. The summed E-state index contributed by atoms with van der Waals surface area (Å²) in [6.07, 6.45) is 3.71. The van der Waals surface area contributed by atoms with Crippen molar-refractivity contribution < 1.29 is 72.5 Å². The van der Waals surface area contributed by atoms with E-state index in [0.29, 0.717) is 38.5 Å². The number of primary amides is 1. The van der Waals surface area contributed by atoms with Crippen molar-refractivity contribution in [1.29, 1.82) is 0 Å². The fraction of sp³-hybridized carbons (Fsp3) is 0.703. The number of aliphatic imine (C=N–C) groups is 1. The Bertz CT molecular complexity index is 2690. The van der Waals surface area contributed by atoms with Crippen LogP contribution in [0.5, 0.6) is 0 Å². The van der Waals surface area contributed by atoms with Gasteiger partial charge in [0.1, 0.15) is 66.5 Å². The van der Waals surface area contributed by atoms with E-state index in [-0.39, 0.29) is 44.1 Å². The molecule has 16 atom stereocenters. The summed E-state index contributed by atoms with van der Waals surface area (Å²) in [4.78, 5) is 172. The minimum Gasteiger partial charge on any atom is -0.458 e. The van der Waals surface area contributed by atoms with E-state index in [2.05, 4.69) is 58.2 Å². The third-order valence-corrected chi connectivity index (χ3v) is 17.9. The van der Waals surface area contributed by atoms with Crippen LogP contribution in [0.1, 0.15) is 165 Å². The monoisotopic (exact) mass is 1310 g/mol. The van der Waals surface area contributed by atoms with E-state index in [9.17, 15) is 67.7 Å². The summed E-state index contributed by atoms with van der Waals surface area (Å²) in [6.45, 7) is 14.9. The first-order chi connectivity index (χ1) is 44.1. The van der Waals surface area contributed by atoms with E-state index in [4.69, 9.17) is 21.9 Å². The average molecular weight is 1310 g/mol. The Morgan fingerprint density at radius 2 is 1.11 bits per heavy atom. The number of nitrogens with two attached hydrogens (primary N) is 3. The summed E-state index contributed by atoms with van der Waals surface area (Å²) in [5, 5.41) is 47.4. The van der Waals surface area contributed by atoms with Gasteiger partial charge in [-0.1, -0.05) is 138 Å². The van der Waals surface area contributed by atoms with Crippen molar-refractivity contribution in [2.24, 2.45) is 57.7 Å². The molecule has 29 nitrogen and oxygen atoms in total. The molecular weight excluding hydrogens is 1200 g/mol. The average Bonchev–Trinajstić information content (AvgIpc) is 2.20. The number of rotatable bonds is 35. The maximum absolute atomic E-state index is 14.5. The quantitative estimate of drug-likeness (QED) is 0.0170. The van der Waals surface area contributed by atoms with E-state index in [1.54, 1.807) is 48.5 Å². The molecule has 0 unspecified atom stereocenters. The van der Waals surface area contributed by atoms with E-state index in [0.717, 1.165) is 24.8 Å². The molecule has 3 rings (SSSR count). The van der Waals surface area contributed by atoms with Gasteiger partial charge in [0.2, 0.25) is 65.0 Å². The standard InChI is InChI=1S/C64H106N14O15/c1-11-34(6)47(73-53(82)40(15-5)31-39-23-18-16-19-24-39)58(87)71-44(32-79)56(85)69-43(28-29-46(65)81)55(84)74-49(36(8)13-3)60(89)75-48(35(7)12-2)59(88)72-45(33-80)57(86)77-51-38(10)93-63(92)50(37(9)14-4)76-62(91)52(41-25-20-17-21-26-41)78-54(83)42(70-61(51)90)27-22-30-68-64(66)67/h16,18-19,23-24,34-38,40-45,47-52,79-80H,11-15,17,20-22,25-33H2,1-10H3,(H2,65,81)(H,69,85)(H,70,90)(H,71,87)(H,72,88)(H,73,82)(H,74,84)(H,75,89)(H,76,91)(H,77,86)(H,78,83)(H4,66,67,68)/t34-,35-,36+,37-,38-,40+,42-,43+,44-,45-,47-,48-,49+,50-,51+,52-/m0/s1. The molecule has 93 heavy (non-hydrogen) atoms. The molecule has 0 aromatic heterocycles. The van der Waals surface area contributed by atoms with Crippen molar-refractivity contribution in [2.45, 2.75) is 232 Å². The highest BCUT2D eigenvalue weighted by Gasteiger charge is 2.43. The zero-order valence-corrected chi connectivity index (χ0v) is 55.8. The van der Waals surface area contributed by atoms with Crippen molar-refractivity contribution >= 4 is 76.9 Å². The Balaban J connectivity index is 1.91. The molecular formula is C64H106N14O15. The number of carbonyl (C=O) groups excluding carboxylic acids is 12. The van der Waals surface area contributed by atoms with Crippen LogP contribution in [0.4, 0.5) is 0 Å². The molecule has 1 aliphatic carbocycles. The van der Waals surface area contributed by atoms with Gasteiger partial charge in [0.05, 0.1) is 13.2 Å². The van der Waals surface area contributed by atoms with Crippen LogP contribution in [0.3, 0.4) is 0 Å². The lowest BCUT2D eigenvalue weighted by Gasteiger charge is -2.33. The third kappa shape index (κ3) is 25.1. The molecule has 29 heteroatoms. The Labute approximate surface area is 546 Å². The number of esters is 1. The second-order valence-electron chi connectivity index (χ2n) is 24.9. The van der Waals surface area contributed by atoms with Crippen molar-refractivity contribution in [3.05, 3.63) is 35.9 Å². The van der Waals surface area contributed by atoms with Gasteiger partial charge in [0.15, 0.2) is 5.96 Å². The third-order valence-electron chi connectivity index (χ3n) is 17.9. The number of hydrogen-bond donors (Lipinski definition) is 15. The molecule has 1 aromatic rings. The fourth-order valence-corrected chi connectivity index (χ4v) is 11.0. The van der Waals surface area contributed by atoms with Crippen LogP contribution >= 0.6 is 0 Å². The van der Waals surface area contributed by atoms with Gasteiger partial charge in [-0.05, 0) is 87.0 Å². The number of hydrogen-bond acceptors (Lipinski definition) is 16. The number of cyclic esters (lactones) is 1. The summed E-state index contributed by atoms with van der Waals surface area (Å²) in [5.74, 6) is -13.8. The van der Waals surface area contributed by atoms with Crippen molar-refractivity contribution in [3.63, 3.8) is 0 Å². The van der Waals surface area contributed by atoms with Crippen LogP contribution in [0.15, 0.2) is 35.3 Å². The summed E-state index contributed by atoms with van der Waals surface area (Å²) < 4.78 is 5.85. The van der Waals surface area contributed by atoms with Gasteiger partial charge in [-0.25, -0.2) is 4.79 Å². The second kappa shape index (κ2) is 40.2. The first-order valence-corrected chi connectivity index (χ1v) is 32.9. The summed E-state index contributed by atoms with van der Waals surface area (Å²) >= 11 is 0. The molecule has 522 valence electrons. The molecule has 1 saturated carbocycles. The summed E-state index contributed by atoms with van der Waals surface area (Å²) in [6, 6.07) is -5.31. The smallest absolute Gasteiger partial charge is 0.329 e. The molecule has 11 amide bonds. The number of aliphatic hydroxyl groups is 2. The van der Waals surface area contributed by atoms with E-state index < -0.39 is 193 Å². The lowest BCUT2D eigenvalue weighted by molar-refractivity contribution is -0.157. The van der Waals surface area contributed by atoms with Crippen LogP contribution < -0.4 is 70.4 Å². The highest BCUT2D eigenvalue weighted by Crippen LogP contribution is 2.28. The van der Waals surface area contributed by atoms with Gasteiger partial charge < -0.3 is 85.3 Å². The number of carbonyl (C=O) groups is 12. The molecule has 18 N–H and O–H groups in total. The molecule has 0 radical (unpaired) electrons. The van der Waals surface area contributed by atoms with Gasteiger partial charge in [0.25, 0.3) is 0 Å². The molecule has 1 aromatic carbocycles. The highest BCUT2D eigenvalue weighted by atomic mass is 16.5. The second-order valence-corrected chi connectivity index (χ2v) is 24.9. The molecule has 1 aliphatic heterocycles. The number of benzene rings is 1. The highest BCUT2D eigenvalue weighted by molar-refractivity contribution is 5.99. The van der Waals surface area contributed by atoms with E-state index >= 15 is 0 Å². The van der Waals surface area contributed by atoms with Crippen molar-refractivity contribution in [3.8, 4) is 0 Å². The predicted molar refractivity (Wildman–Crippen MR) is 346 cm³/mol. The lowest BCUT2D eigenvalue weighted by Crippen LogP contribution is -2.63. The maximum Gasteiger partial charge on any atom is 0.329 e. The summed E-state index contributed by atoms with van der Waals surface area (Å²) in [5.41, 5.74) is 17.5. The molecule has 1 saturated heterocycles. The Kier molecular flexibility index (Phi) is 34.3. The molecule has 2 aliphatic rings. The van der Waals surface area contributed by atoms with Crippen LogP contribution in [0.25, 0.3) is 0 Å². The number of guanidine groups is 1. The minimum atomic E-state index is -1.84. The van der Waals surface area contributed by atoms with Gasteiger partial charge in [-0.2, -0.15) is 0 Å². The normalized spacial score (nSPS) is 21.7. The summed E-state index contributed by atoms with van der Waals surface area (Å²) in [7, 11) is 0. The SMILES string of the molecule is CC[C@H](Cc1ccccc1)C(=O)N[C@H](C(=O)N[C@@H](CO)C(=O)N[C@H](CCC(N)=O)C(=O)N[C@@H](C(=O)N[C@H](C(=O)N[C@@H](CO)C(=O)N[C@H]1C(=O)N[C@@H](CCCN=C(N)N)C(=O)N[C@@H](C2CCCCC2)C(=O)N[C@@H]([C@@H](C)CC)C(=O)O[C@H]1C)[C@@H](C)CC)[C@H](C)CC)[C@@H](C)CC. The number of nitrogens with one attached hydrogen (secondary N) is 10. The Hall–Kier alpha value is -7.95. The molecule has 2 fully saturated rings. The van der Waals surface area contributed by atoms with Gasteiger partial charge >= 0.3 is 5.97 Å². The first-order valence-electron chi connectivity index (χ1n) is 32.9. The topological polar surface area (TPSA) is 465 Å². The number of ether oxygens (including phenoxy) is 1. The van der Waals surface area contributed by atoms with Crippen LogP contribution in [0, 0.1) is 35.5 Å². The van der Waals surface area contributed by atoms with Crippen molar-refractivity contribution in [1.82, 2.24) is 53.2 Å². The van der Waals surface area contributed by atoms with Crippen molar-refractivity contribution in [2.75, 3.05) is 19.8 Å². The molecule has 0 bridgehead atoms. The molecule has 0 spiro atoms. The first kappa shape index (κ1) is 79.3. The van der Waals surface area contributed by atoms with Crippen LogP contribution in [0.2, 0.25) is 0 Å². The van der Waals surface area contributed by atoms with Gasteiger partial charge in [-0.15, -0.1) is 0 Å². The number of aliphatic hydroxyl groups excluding tert-OH is 2. The predicted octanol–water partition coefficient (Wildman–Crippen LogP) is -0.883. The molecule has 1 heterocycles. The minimum absolute atomic E-state index is 0.0530. The van der Waals surface area contributed by atoms with Crippen LogP contribution in [-0.2, 0) is 68.7 Å². The number of nitrogens with zero attached hydrogens (tertiary/aromatic N) is 1. The number of amides is 11. The largest absolute Gasteiger partial charge is 0.458 e. The maximum atomic E-state index is 14.5. The van der Waals surface area contributed by atoms with Gasteiger partial charge in [0, 0.05) is 18.9 Å². The van der Waals surface area contributed by atoms with Crippen LogP contribution in [-0.4, -0.2) is 173 Å². The Morgan fingerprint density at radius 3 is 1.61 bits per heavy atom. The zero-order chi connectivity index (χ0) is 69.6. The fourth-order valence-electron chi connectivity index (χ4n) is 11.0. The lowest BCUT2D eigenvalue weighted by atomic mass is 9.83.